The minimum absolute atomic E-state index is 0.0319. The van der Waals surface area contributed by atoms with Gasteiger partial charge in [-0.2, -0.15) is 0 Å². The molecule has 0 aliphatic carbocycles. The Hall–Kier alpha value is -2.29. The number of benzene rings is 2. The van der Waals surface area contributed by atoms with Crippen LogP contribution in [0.3, 0.4) is 0 Å². The Kier molecular flexibility index (Phi) is 5.21. The Morgan fingerprint density at radius 1 is 1.14 bits per heavy atom. The summed E-state index contributed by atoms with van der Waals surface area (Å²) in [4.78, 5) is 12.4. The first-order valence-corrected chi connectivity index (χ1v) is 7.73. The molecule has 0 saturated heterocycles. The number of aryl methyl sites for hydroxylation is 3. The van der Waals surface area contributed by atoms with E-state index in [4.69, 9.17) is 0 Å². The zero-order valence-electron chi connectivity index (χ0n) is 13.7. The number of nitrogens with one attached hydrogen (secondary N) is 2. The van der Waals surface area contributed by atoms with Gasteiger partial charge in [-0.15, -0.1) is 0 Å². The molecule has 116 valence electrons. The van der Waals surface area contributed by atoms with Gasteiger partial charge in [0.05, 0.1) is 0 Å². The number of carbonyl (C=O) groups is 1. The smallest absolute Gasteiger partial charge is 0.246 e. The summed E-state index contributed by atoms with van der Waals surface area (Å²) in [6.45, 7) is 8.01. The molecule has 3 heteroatoms. The molecule has 0 aliphatic heterocycles. The second-order valence-corrected chi connectivity index (χ2v) is 5.73. The molecule has 0 fully saturated rings. The highest BCUT2D eigenvalue weighted by Crippen LogP contribution is 2.17. The van der Waals surface area contributed by atoms with E-state index in [2.05, 4.69) is 29.7 Å². The van der Waals surface area contributed by atoms with Crippen LogP contribution in [0.25, 0.3) is 0 Å². The maximum absolute atomic E-state index is 12.4. The minimum atomic E-state index is -0.299. The van der Waals surface area contributed by atoms with E-state index < -0.39 is 0 Å². The summed E-state index contributed by atoms with van der Waals surface area (Å²) in [6, 6.07) is 13.9. The fourth-order valence-electron chi connectivity index (χ4n) is 2.31. The van der Waals surface area contributed by atoms with Crippen molar-refractivity contribution < 1.29 is 4.79 Å². The zero-order valence-corrected chi connectivity index (χ0v) is 13.7. The molecular formula is C19H24N2O. The number of hydrogen-bond acceptors (Lipinski definition) is 2. The van der Waals surface area contributed by atoms with Crippen LogP contribution in [0.5, 0.6) is 0 Å². The van der Waals surface area contributed by atoms with Gasteiger partial charge in [-0.25, -0.2) is 0 Å². The van der Waals surface area contributed by atoms with Crippen LogP contribution in [0.4, 0.5) is 11.4 Å². The van der Waals surface area contributed by atoms with Gasteiger partial charge in [-0.1, -0.05) is 31.2 Å². The number of anilines is 2. The molecule has 0 spiro atoms. The van der Waals surface area contributed by atoms with E-state index in [9.17, 15) is 4.79 Å². The van der Waals surface area contributed by atoms with Gasteiger partial charge in [0.2, 0.25) is 5.91 Å². The third kappa shape index (κ3) is 4.10. The van der Waals surface area contributed by atoms with Crippen LogP contribution >= 0.6 is 0 Å². The molecule has 2 aromatic carbocycles. The predicted molar refractivity (Wildman–Crippen MR) is 93.5 cm³/mol. The molecule has 0 radical (unpaired) electrons. The molecule has 2 rings (SSSR count). The van der Waals surface area contributed by atoms with Gasteiger partial charge in [0.1, 0.15) is 6.04 Å². The second-order valence-electron chi connectivity index (χ2n) is 5.73. The molecule has 1 amide bonds. The maximum Gasteiger partial charge on any atom is 0.246 e. The first kappa shape index (κ1) is 16.1. The summed E-state index contributed by atoms with van der Waals surface area (Å²) in [5, 5.41) is 6.26. The topological polar surface area (TPSA) is 41.1 Å². The lowest BCUT2D eigenvalue weighted by atomic mass is 10.1. The quantitative estimate of drug-likeness (QED) is 0.863. The fraction of sp³-hybridized carbons (Fsp3) is 0.316. The van der Waals surface area contributed by atoms with Crippen molar-refractivity contribution in [3.05, 3.63) is 59.2 Å². The summed E-state index contributed by atoms with van der Waals surface area (Å²) in [6.07, 6.45) is 0.985. The van der Waals surface area contributed by atoms with E-state index in [1.54, 1.807) is 0 Å². The highest BCUT2D eigenvalue weighted by molar-refractivity contribution is 5.96. The third-order valence-electron chi connectivity index (χ3n) is 3.76. The van der Waals surface area contributed by atoms with Crippen LogP contribution in [0.2, 0.25) is 0 Å². The molecule has 1 atom stereocenters. The molecule has 3 nitrogen and oxygen atoms in total. The first-order valence-electron chi connectivity index (χ1n) is 7.73. The minimum Gasteiger partial charge on any atom is -0.374 e. The first-order chi connectivity index (χ1) is 10.5. The highest BCUT2D eigenvalue weighted by atomic mass is 16.2. The summed E-state index contributed by atoms with van der Waals surface area (Å²) < 4.78 is 0. The van der Waals surface area contributed by atoms with Gasteiger partial charge in [0, 0.05) is 11.4 Å². The van der Waals surface area contributed by atoms with Crippen molar-refractivity contribution in [3.63, 3.8) is 0 Å². The summed E-state index contributed by atoms with van der Waals surface area (Å²) >= 11 is 0. The Morgan fingerprint density at radius 2 is 1.91 bits per heavy atom. The van der Waals surface area contributed by atoms with Gasteiger partial charge in [0.25, 0.3) is 0 Å². The van der Waals surface area contributed by atoms with E-state index in [1.165, 1.54) is 5.56 Å². The number of amides is 1. The van der Waals surface area contributed by atoms with Crippen LogP contribution in [-0.2, 0) is 11.2 Å². The Bertz CT molecular complexity index is 664. The van der Waals surface area contributed by atoms with Crippen LogP contribution in [0.15, 0.2) is 42.5 Å². The van der Waals surface area contributed by atoms with Crippen molar-refractivity contribution in [2.75, 3.05) is 10.6 Å². The van der Waals surface area contributed by atoms with Crippen molar-refractivity contribution in [1.29, 1.82) is 0 Å². The maximum atomic E-state index is 12.4. The van der Waals surface area contributed by atoms with Gasteiger partial charge < -0.3 is 10.6 Å². The number of hydrogen-bond donors (Lipinski definition) is 2. The van der Waals surface area contributed by atoms with E-state index >= 15 is 0 Å². The summed E-state index contributed by atoms with van der Waals surface area (Å²) in [5.74, 6) is -0.0319. The molecular weight excluding hydrogens is 272 g/mol. The Labute approximate surface area is 132 Å². The van der Waals surface area contributed by atoms with E-state index in [0.29, 0.717) is 0 Å². The van der Waals surface area contributed by atoms with Crippen molar-refractivity contribution in [2.24, 2.45) is 0 Å². The Balaban J connectivity index is 2.04. The monoisotopic (exact) mass is 296 g/mol. The number of rotatable bonds is 5. The highest BCUT2D eigenvalue weighted by Gasteiger charge is 2.14. The van der Waals surface area contributed by atoms with Gasteiger partial charge in [0.15, 0.2) is 0 Å². The normalized spacial score (nSPS) is 11.8. The number of carbonyl (C=O) groups excluding carboxylic acids is 1. The van der Waals surface area contributed by atoms with Crippen molar-refractivity contribution in [3.8, 4) is 0 Å². The van der Waals surface area contributed by atoms with Crippen LogP contribution in [0.1, 0.15) is 30.5 Å². The fourth-order valence-corrected chi connectivity index (χ4v) is 2.31. The lowest BCUT2D eigenvalue weighted by Gasteiger charge is -2.17. The average molecular weight is 296 g/mol. The lowest BCUT2D eigenvalue weighted by Crippen LogP contribution is -2.32. The van der Waals surface area contributed by atoms with Crippen molar-refractivity contribution >= 4 is 17.3 Å². The van der Waals surface area contributed by atoms with E-state index in [0.717, 1.165) is 28.9 Å². The van der Waals surface area contributed by atoms with Crippen LogP contribution in [0, 0.1) is 13.8 Å². The third-order valence-corrected chi connectivity index (χ3v) is 3.76. The van der Waals surface area contributed by atoms with Gasteiger partial charge >= 0.3 is 0 Å². The molecule has 1 unspecified atom stereocenters. The lowest BCUT2D eigenvalue weighted by molar-refractivity contribution is -0.116. The van der Waals surface area contributed by atoms with Gasteiger partial charge in [-0.3, -0.25) is 4.79 Å². The summed E-state index contributed by atoms with van der Waals surface area (Å²) in [5.41, 5.74) is 5.31. The average Bonchev–Trinajstić information content (AvgIpc) is 2.51. The second kappa shape index (κ2) is 7.12. The molecule has 2 aromatic rings. The van der Waals surface area contributed by atoms with Gasteiger partial charge in [-0.05, 0) is 62.1 Å². The largest absolute Gasteiger partial charge is 0.374 e. The Morgan fingerprint density at radius 3 is 2.64 bits per heavy atom. The molecule has 0 aromatic heterocycles. The molecule has 22 heavy (non-hydrogen) atoms. The van der Waals surface area contributed by atoms with Crippen molar-refractivity contribution in [2.45, 2.75) is 40.2 Å². The molecule has 0 saturated carbocycles. The molecule has 0 bridgehead atoms. The van der Waals surface area contributed by atoms with Crippen molar-refractivity contribution in [1.82, 2.24) is 0 Å². The van der Waals surface area contributed by atoms with E-state index in [-0.39, 0.29) is 11.9 Å². The van der Waals surface area contributed by atoms with Crippen LogP contribution in [-0.4, -0.2) is 11.9 Å². The SMILES string of the molecule is CCc1cccc(NC(C)C(=O)Nc2cc(C)ccc2C)c1. The predicted octanol–water partition coefficient (Wildman–Crippen LogP) is 4.30. The standard InChI is InChI=1S/C19H24N2O/c1-5-16-7-6-8-17(12-16)20-15(4)19(22)21-18-11-13(2)9-10-14(18)3/h6-12,15,20H,5H2,1-4H3,(H,21,22). The molecule has 0 aliphatic rings. The van der Waals surface area contributed by atoms with E-state index in [1.807, 2.05) is 51.1 Å². The molecule has 2 N–H and O–H groups in total. The van der Waals surface area contributed by atoms with Crippen LogP contribution < -0.4 is 10.6 Å². The zero-order chi connectivity index (χ0) is 16.1. The summed E-state index contributed by atoms with van der Waals surface area (Å²) in [7, 11) is 0. The molecule has 0 heterocycles.